The number of Topliss-reactive ketones (excluding diaryl/α,β-unsaturated/α-hetero) is 1. The van der Waals surface area contributed by atoms with E-state index in [9.17, 15) is 9.59 Å². The number of dihydropyridines is 1. The van der Waals surface area contributed by atoms with Crippen molar-refractivity contribution in [3.8, 4) is 0 Å². The molecule has 1 N–H and O–H groups in total. The maximum Gasteiger partial charge on any atom is 0.336 e. The zero-order valence-electron chi connectivity index (χ0n) is 18.8. The van der Waals surface area contributed by atoms with Crippen LogP contribution >= 0.6 is 23.2 Å². The Balaban J connectivity index is 1.81. The molecule has 1 heterocycles. The summed E-state index contributed by atoms with van der Waals surface area (Å²) in [7, 11) is 1.50. The van der Waals surface area contributed by atoms with Crippen LogP contribution in [0.1, 0.15) is 42.7 Å². The van der Waals surface area contributed by atoms with Crippen molar-refractivity contribution in [1.29, 1.82) is 0 Å². The van der Waals surface area contributed by atoms with Gasteiger partial charge in [-0.25, -0.2) is 9.18 Å². The van der Waals surface area contributed by atoms with E-state index in [1.807, 2.05) is 18.2 Å². The van der Waals surface area contributed by atoms with E-state index in [0.717, 1.165) is 5.56 Å². The first kappa shape index (κ1) is 24.5. The molecule has 0 spiro atoms. The molecule has 2 atom stereocenters. The lowest BCUT2D eigenvalue weighted by Gasteiger charge is -2.37. The fourth-order valence-corrected chi connectivity index (χ4v) is 5.27. The Morgan fingerprint density at radius 1 is 1.09 bits per heavy atom. The van der Waals surface area contributed by atoms with Crippen LogP contribution in [0.5, 0.6) is 0 Å². The van der Waals surface area contributed by atoms with E-state index in [-0.39, 0.29) is 47.5 Å². The Morgan fingerprint density at radius 3 is 2.53 bits per heavy atom. The van der Waals surface area contributed by atoms with Gasteiger partial charge in [-0.3, -0.25) is 4.79 Å². The molecule has 0 saturated carbocycles. The van der Waals surface area contributed by atoms with Gasteiger partial charge in [-0.05, 0) is 43.0 Å². The molecule has 0 radical (unpaired) electrons. The third-order valence-electron chi connectivity index (χ3n) is 6.20. The van der Waals surface area contributed by atoms with Gasteiger partial charge < -0.3 is 14.8 Å². The second-order valence-electron chi connectivity index (χ2n) is 8.30. The molecule has 0 fully saturated rings. The van der Waals surface area contributed by atoms with Crippen molar-refractivity contribution in [3.05, 3.63) is 92.0 Å². The van der Waals surface area contributed by atoms with Crippen LogP contribution in [0.3, 0.4) is 0 Å². The van der Waals surface area contributed by atoms with E-state index >= 15 is 4.39 Å². The average Bonchev–Trinajstić information content (AvgIpc) is 2.78. The number of nitrogens with one attached hydrogen (secondary N) is 1. The molecule has 0 saturated heterocycles. The first-order valence-electron chi connectivity index (χ1n) is 10.9. The molecule has 2 aromatic carbocycles. The molecule has 2 unspecified atom stereocenters. The van der Waals surface area contributed by atoms with E-state index in [4.69, 9.17) is 32.7 Å². The van der Waals surface area contributed by atoms with Gasteiger partial charge in [0, 0.05) is 46.1 Å². The third kappa shape index (κ3) is 4.63. The van der Waals surface area contributed by atoms with Crippen LogP contribution in [0.15, 0.2) is 65.0 Å². The van der Waals surface area contributed by atoms with Gasteiger partial charge in [0.05, 0.1) is 18.1 Å². The zero-order chi connectivity index (χ0) is 24.4. The highest BCUT2D eigenvalue weighted by molar-refractivity contribution is 6.32. The van der Waals surface area contributed by atoms with Crippen LogP contribution in [0.25, 0.3) is 0 Å². The highest BCUT2D eigenvalue weighted by Gasteiger charge is 2.43. The number of halogens is 3. The summed E-state index contributed by atoms with van der Waals surface area (Å²) in [4.78, 5) is 26.7. The Bertz CT molecular complexity index is 1190. The monoisotopic (exact) mass is 503 g/mol. The molecular formula is C26H24Cl2FNO4. The van der Waals surface area contributed by atoms with Crippen molar-refractivity contribution < 1.29 is 23.5 Å². The number of hydrogen-bond acceptors (Lipinski definition) is 5. The molecule has 34 heavy (non-hydrogen) atoms. The second-order valence-corrected chi connectivity index (χ2v) is 9.12. The fourth-order valence-electron chi connectivity index (χ4n) is 4.71. The van der Waals surface area contributed by atoms with E-state index in [2.05, 4.69) is 5.32 Å². The number of methoxy groups -OCH3 is 1. The van der Waals surface area contributed by atoms with Crippen molar-refractivity contribution in [2.24, 2.45) is 0 Å². The molecular weight excluding hydrogens is 480 g/mol. The maximum absolute atomic E-state index is 15.1. The first-order valence-corrected chi connectivity index (χ1v) is 11.7. The molecule has 4 rings (SSSR count). The molecule has 2 aromatic rings. The van der Waals surface area contributed by atoms with Crippen molar-refractivity contribution in [1.82, 2.24) is 5.32 Å². The largest absolute Gasteiger partial charge is 0.460 e. The molecule has 0 aromatic heterocycles. The van der Waals surface area contributed by atoms with Crippen LogP contribution in [-0.2, 0) is 19.1 Å². The lowest BCUT2D eigenvalue weighted by molar-refractivity contribution is -0.140. The van der Waals surface area contributed by atoms with Gasteiger partial charge in [0.1, 0.15) is 12.4 Å². The summed E-state index contributed by atoms with van der Waals surface area (Å²) in [5.41, 5.74) is 2.57. The molecule has 1 aliphatic carbocycles. The van der Waals surface area contributed by atoms with Gasteiger partial charge in [0.2, 0.25) is 0 Å². The van der Waals surface area contributed by atoms with E-state index in [1.165, 1.54) is 19.2 Å². The average molecular weight is 504 g/mol. The number of rotatable bonds is 6. The maximum atomic E-state index is 15.1. The topological polar surface area (TPSA) is 64.6 Å². The van der Waals surface area contributed by atoms with Crippen LogP contribution in [0.2, 0.25) is 10.0 Å². The zero-order valence-corrected chi connectivity index (χ0v) is 20.3. The molecule has 2 aliphatic rings. The summed E-state index contributed by atoms with van der Waals surface area (Å²) in [6.07, 6.45) is 0.661. The van der Waals surface area contributed by atoms with Gasteiger partial charge in [-0.15, -0.1) is 0 Å². The number of carbonyl (C=O) groups excluding carboxylic acids is 2. The van der Waals surface area contributed by atoms with Crippen LogP contribution in [-0.4, -0.2) is 32.1 Å². The Hall–Kier alpha value is -2.67. The van der Waals surface area contributed by atoms with Gasteiger partial charge in [-0.1, -0.05) is 47.5 Å². The Kier molecular flexibility index (Phi) is 7.41. The van der Waals surface area contributed by atoms with Crippen LogP contribution in [0, 0.1) is 5.82 Å². The minimum atomic E-state index is -0.986. The highest BCUT2D eigenvalue weighted by Crippen LogP contribution is 2.48. The number of esters is 1. The third-order valence-corrected chi connectivity index (χ3v) is 6.88. The summed E-state index contributed by atoms with van der Waals surface area (Å²) < 4.78 is 25.5. The fraction of sp³-hybridized carbons (Fsp3) is 0.308. The van der Waals surface area contributed by atoms with Crippen molar-refractivity contribution >= 4 is 35.0 Å². The van der Waals surface area contributed by atoms with Gasteiger partial charge in [0.25, 0.3) is 0 Å². The summed E-state index contributed by atoms with van der Waals surface area (Å²) in [5, 5.41) is 3.95. The number of benzene rings is 2. The van der Waals surface area contributed by atoms with Crippen molar-refractivity contribution in [2.45, 2.75) is 31.6 Å². The predicted molar refractivity (Wildman–Crippen MR) is 128 cm³/mol. The number of hydrogen-bond donors (Lipinski definition) is 1. The van der Waals surface area contributed by atoms with Crippen LogP contribution in [0.4, 0.5) is 4.39 Å². The van der Waals surface area contributed by atoms with Gasteiger partial charge >= 0.3 is 5.97 Å². The quantitative estimate of drug-likeness (QED) is 0.405. The van der Waals surface area contributed by atoms with Crippen molar-refractivity contribution in [2.75, 3.05) is 20.3 Å². The van der Waals surface area contributed by atoms with Crippen molar-refractivity contribution in [3.63, 3.8) is 0 Å². The highest BCUT2D eigenvalue weighted by atomic mass is 35.5. The molecule has 0 bridgehead atoms. The SMILES string of the molecule is COCCOC(=O)C1=C(C)NC2=C(C(=O)CC(c3ccccc3Cl)C2)C1c1c(F)cccc1Cl. The Morgan fingerprint density at radius 2 is 1.82 bits per heavy atom. The lowest BCUT2D eigenvalue weighted by atomic mass is 9.71. The minimum absolute atomic E-state index is 0.0261. The standard InChI is InChI=1S/C26H24Cl2FNO4/c1-14-22(26(32)34-11-10-33-2)25(23-18(28)8-5-9-19(23)29)24-20(30-14)12-15(13-21(24)31)16-6-3-4-7-17(16)27/h3-9,15,25,30H,10-13H2,1-2H3. The Labute approximate surface area is 207 Å². The molecule has 8 heteroatoms. The summed E-state index contributed by atoms with van der Waals surface area (Å²) in [6.45, 7) is 1.95. The summed E-state index contributed by atoms with van der Waals surface area (Å²) >= 11 is 12.8. The van der Waals surface area contributed by atoms with Gasteiger partial charge in [-0.2, -0.15) is 0 Å². The molecule has 1 aliphatic heterocycles. The molecule has 5 nitrogen and oxygen atoms in total. The minimum Gasteiger partial charge on any atom is -0.460 e. The summed E-state index contributed by atoms with van der Waals surface area (Å²) in [5.74, 6) is -2.58. The van der Waals surface area contributed by atoms with E-state index < -0.39 is 17.7 Å². The lowest BCUT2D eigenvalue weighted by Crippen LogP contribution is -2.36. The smallest absolute Gasteiger partial charge is 0.336 e. The predicted octanol–water partition coefficient (Wildman–Crippen LogP) is 5.68. The summed E-state index contributed by atoms with van der Waals surface area (Å²) in [6, 6.07) is 11.7. The normalized spacial score (nSPS) is 20.2. The van der Waals surface area contributed by atoms with Crippen LogP contribution < -0.4 is 5.32 Å². The molecule has 0 amide bonds. The second kappa shape index (κ2) is 10.3. The van der Waals surface area contributed by atoms with E-state index in [1.54, 1.807) is 19.1 Å². The number of ether oxygens (including phenoxy) is 2. The number of ketones is 1. The first-order chi connectivity index (χ1) is 16.3. The van der Waals surface area contributed by atoms with Gasteiger partial charge in [0.15, 0.2) is 5.78 Å². The number of allylic oxidation sites excluding steroid dienone is 3. The van der Waals surface area contributed by atoms with E-state index in [0.29, 0.717) is 28.4 Å². The number of carbonyl (C=O) groups is 2. The molecule has 178 valence electrons.